The second-order valence-corrected chi connectivity index (χ2v) is 8.61. The number of hydrogen-bond acceptors (Lipinski definition) is 5. The highest BCUT2D eigenvalue weighted by atomic mass is 16.5. The topological polar surface area (TPSA) is 96.3 Å². The van der Waals surface area contributed by atoms with Crippen LogP contribution in [-0.4, -0.2) is 49.4 Å². The lowest BCUT2D eigenvalue weighted by atomic mass is 9.90. The normalized spacial score (nSPS) is 19.1. The molecule has 0 spiro atoms. The Hall–Kier alpha value is -3.65. The number of H-pyrrole nitrogens is 1. The summed E-state index contributed by atoms with van der Waals surface area (Å²) in [5.41, 5.74) is 4.84. The molecule has 2 atom stereocenters. The summed E-state index contributed by atoms with van der Waals surface area (Å²) in [4.78, 5) is 21.3. The molecule has 4 aromatic rings. The molecule has 33 heavy (non-hydrogen) atoms. The zero-order valence-corrected chi connectivity index (χ0v) is 18.7. The van der Waals surface area contributed by atoms with Gasteiger partial charge >= 0.3 is 5.97 Å². The number of piperidine rings is 1. The van der Waals surface area contributed by atoms with Crippen LogP contribution in [0.1, 0.15) is 52.0 Å². The van der Waals surface area contributed by atoms with Crippen molar-refractivity contribution in [3.05, 3.63) is 77.5 Å². The van der Waals surface area contributed by atoms with E-state index in [0.717, 1.165) is 53.9 Å². The van der Waals surface area contributed by atoms with Crippen molar-refractivity contribution in [2.24, 2.45) is 0 Å². The van der Waals surface area contributed by atoms with Crippen LogP contribution >= 0.6 is 0 Å². The maximum Gasteiger partial charge on any atom is 0.335 e. The smallest absolute Gasteiger partial charge is 0.335 e. The van der Waals surface area contributed by atoms with Gasteiger partial charge in [-0.1, -0.05) is 12.1 Å². The Morgan fingerprint density at radius 2 is 2.09 bits per heavy atom. The highest BCUT2D eigenvalue weighted by Gasteiger charge is 2.32. The highest BCUT2D eigenvalue weighted by molar-refractivity contribution is 5.88. The van der Waals surface area contributed by atoms with Gasteiger partial charge in [-0.05, 0) is 55.2 Å². The quantitative estimate of drug-likeness (QED) is 0.458. The zero-order chi connectivity index (χ0) is 22.9. The van der Waals surface area contributed by atoms with Gasteiger partial charge in [0, 0.05) is 41.8 Å². The Bertz CT molecular complexity index is 1260. The van der Waals surface area contributed by atoms with E-state index in [1.54, 1.807) is 31.9 Å². The summed E-state index contributed by atoms with van der Waals surface area (Å²) >= 11 is 0. The number of likely N-dealkylation sites (tertiary alicyclic amines) is 1. The molecule has 3 heterocycles. The fourth-order valence-electron chi connectivity index (χ4n) is 5.01. The molecule has 1 aliphatic heterocycles. The van der Waals surface area contributed by atoms with Crippen LogP contribution in [0.5, 0.6) is 5.75 Å². The first-order valence-electron chi connectivity index (χ1n) is 11.1. The number of carboxylic acids is 1. The minimum absolute atomic E-state index is 0.107. The average Bonchev–Trinajstić information content (AvgIpc) is 3.54. The van der Waals surface area contributed by atoms with Crippen molar-refractivity contribution in [2.75, 3.05) is 13.7 Å². The molecule has 2 aromatic carbocycles. The molecule has 5 rings (SSSR count). The Morgan fingerprint density at radius 1 is 1.27 bits per heavy atom. The van der Waals surface area contributed by atoms with E-state index in [1.165, 1.54) is 5.39 Å². The van der Waals surface area contributed by atoms with Gasteiger partial charge in [0.25, 0.3) is 0 Å². The molecule has 1 fully saturated rings. The molecule has 0 aliphatic carbocycles. The van der Waals surface area contributed by atoms with Gasteiger partial charge in [-0.25, -0.2) is 14.5 Å². The number of nitrogens with one attached hydrogen (secondary N) is 1. The first-order valence-corrected chi connectivity index (χ1v) is 11.1. The Morgan fingerprint density at radius 3 is 2.79 bits per heavy atom. The van der Waals surface area contributed by atoms with Crippen molar-refractivity contribution >= 4 is 16.9 Å². The molecule has 0 amide bonds. The van der Waals surface area contributed by atoms with Crippen molar-refractivity contribution in [3.63, 3.8) is 0 Å². The van der Waals surface area contributed by atoms with Gasteiger partial charge in [-0.15, -0.1) is 0 Å². The number of benzene rings is 2. The van der Waals surface area contributed by atoms with Crippen LogP contribution in [0.4, 0.5) is 0 Å². The Balaban J connectivity index is 1.51. The number of aromatic nitrogens is 4. The number of carboxylic acid groups (broad SMARTS) is 1. The SMILES string of the molecule is COc1cc(C)c2[nH]ccc2c1CN1CC[C@H](n2cncn2)C[C@H]1c1ccc(C(=O)O)cc1. The number of ether oxygens (including phenoxy) is 1. The number of aryl methyl sites for hydroxylation is 1. The van der Waals surface area contributed by atoms with E-state index in [4.69, 9.17) is 4.74 Å². The van der Waals surface area contributed by atoms with E-state index in [9.17, 15) is 9.90 Å². The Labute approximate surface area is 191 Å². The summed E-state index contributed by atoms with van der Waals surface area (Å²) in [6, 6.07) is 11.8. The van der Waals surface area contributed by atoms with Crippen molar-refractivity contribution in [2.45, 2.75) is 38.4 Å². The number of rotatable bonds is 6. The van der Waals surface area contributed by atoms with Crippen molar-refractivity contribution in [3.8, 4) is 5.75 Å². The van der Waals surface area contributed by atoms with Gasteiger partial charge in [-0.2, -0.15) is 5.10 Å². The number of nitrogens with zero attached hydrogens (tertiary/aromatic N) is 4. The lowest BCUT2D eigenvalue weighted by Crippen LogP contribution is -2.37. The molecule has 8 heteroatoms. The molecular formula is C25H27N5O3. The number of aromatic amines is 1. The fourth-order valence-corrected chi connectivity index (χ4v) is 5.01. The van der Waals surface area contributed by atoms with E-state index in [-0.39, 0.29) is 12.1 Å². The van der Waals surface area contributed by atoms with Crippen LogP contribution in [-0.2, 0) is 6.54 Å². The van der Waals surface area contributed by atoms with Gasteiger partial charge in [0.05, 0.1) is 18.7 Å². The maximum absolute atomic E-state index is 11.4. The molecule has 0 saturated carbocycles. The number of methoxy groups -OCH3 is 1. The van der Waals surface area contributed by atoms with Gasteiger partial charge in [-0.3, -0.25) is 4.90 Å². The number of fused-ring (bicyclic) bond motifs is 1. The van der Waals surface area contributed by atoms with Gasteiger partial charge in [0.2, 0.25) is 0 Å². The second-order valence-electron chi connectivity index (χ2n) is 8.61. The summed E-state index contributed by atoms with van der Waals surface area (Å²) in [6.07, 6.45) is 7.14. The number of hydrogen-bond donors (Lipinski definition) is 2. The summed E-state index contributed by atoms with van der Waals surface area (Å²) in [6.45, 7) is 3.69. The molecule has 0 bridgehead atoms. The first-order chi connectivity index (χ1) is 16.0. The molecule has 1 saturated heterocycles. The summed E-state index contributed by atoms with van der Waals surface area (Å²) in [7, 11) is 1.72. The molecule has 170 valence electrons. The lowest BCUT2D eigenvalue weighted by molar-refractivity contribution is 0.0696. The monoisotopic (exact) mass is 445 g/mol. The molecule has 1 aliphatic rings. The van der Waals surface area contributed by atoms with Crippen LogP contribution < -0.4 is 4.74 Å². The van der Waals surface area contributed by atoms with Crippen LogP contribution in [0.15, 0.2) is 55.2 Å². The van der Waals surface area contributed by atoms with E-state index >= 15 is 0 Å². The third-order valence-electron chi connectivity index (χ3n) is 6.73. The standard InChI is InChI=1S/C25H27N5O3/c1-16-11-23(33-2)21(20-7-9-27-24(16)20)13-29-10-8-19(30-15-26-14-28-30)12-22(29)17-3-5-18(6-4-17)25(31)32/h3-7,9,11,14-15,19,22,27H,8,10,12-13H2,1-2H3,(H,31,32)/t19-,22-/m0/s1. The van der Waals surface area contributed by atoms with E-state index < -0.39 is 5.97 Å². The van der Waals surface area contributed by atoms with E-state index in [0.29, 0.717) is 5.56 Å². The summed E-state index contributed by atoms with van der Waals surface area (Å²) in [5.74, 6) is -0.0280. The molecular weight excluding hydrogens is 418 g/mol. The largest absolute Gasteiger partial charge is 0.496 e. The van der Waals surface area contributed by atoms with Gasteiger partial charge < -0.3 is 14.8 Å². The predicted molar refractivity (Wildman–Crippen MR) is 124 cm³/mol. The Kier molecular flexibility index (Phi) is 5.60. The van der Waals surface area contributed by atoms with Crippen LogP contribution in [0.2, 0.25) is 0 Å². The maximum atomic E-state index is 11.4. The lowest BCUT2D eigenvalue weighted by Gasteiger charge is -2.40. The van der Waals surface area contributed by atoms with Gasteiger partial charge in [0.15, 0.2) is 0 Å². The summed E-state index contributed by atoms with van der Waals surface area (Å²) < 4.78 is 7.72. The third kappa shape index (κ3) is 3.98. The van der Waals surface area contributed by atoms with Crippen molar-refractivity contribution < 1.29 is 14.6 Å². The average molecular weight is 446 g/mol. The first kappa shape index (κ1) is 21.2. The third-order valence-corrected chi connectivity index (χ3v) is 6.73. The molecule has 8 nitrogen and oxygen atoms in total. The van der Waals surface area contributed by atoms with Gasteiger partial charge in [0.1, 0.15) is 18.4 Å². The molecule has 2 aromatic heterocycles. The predicted octanol–water partition coefficient (Wildman–Crippen LogP) is 4.35. The van der Waals surface area contributed by atoms with Crippen molar-refractivity contribution in [1.29, 1.82) is 0 Å². The van der Waals surface area contributed by atoms with E-state index in [2.05, 4.69) is 39.0 Å². The highest BCUT2D eigenvalue weighted by Crippen LogP contribution is 2.40. The van der Waals surface area contributed by atoms with Crippen molar-refractivity contribution in [1.82, 2.24) is 24.6 Å². The number of carbonyl (C=O) groups is 1. The minimum atomic E-state index is -0.915. The number of aromatic carboxylic acids is 1. The van der Waals surface area contributed by atoms with E-state index in [1.807, 2.05) is 23.0 Å². The molecule has 0 unspecified atom stereocenters. The molecule has 2 N–H and O–H groups in total. The fraction of sp³-hybridized carbons (Fsp3) is 0.320. The molecule has 0 radical (unpaired) electrons. The summed E-state index contributed by atoms with van der Waals surface area (Å²) in [5, 5.41) is 14.9. The second kappa shape index (κ2) is 8.71. The van der Waals surface area contributed by atoms with Crippen LogP contribution in [0.25, 0.3) is 10.9 Å². The van der Waals surface area contributed by atoms with Crippen LogP contribution in [0, 0.1) is 6.92 Å². The zero-order valence-electron chi connectivity index (χ0n) is 18.7. The van der Waals surface area contributed by atoms with Crippen LogP contribution in [0.3, 0.4) is 0 Å². The minimum Gasteiger partial charge on any atom is -0.496 e.